The molecule has 0 bridgehead atoms. The summed E-state index contributed by atoms with van der Waals surface area (Å²) in [6, 6.07) is 4.52. The minimum Gasteiger partial charge on any atom is -0.504 e. The first-order valence-electron chi connectivity index (χ1n) is 3.59. The van der Waals surface area contributed by atoms with E-state index in [0.29, 0.717) is 13.2 Å². The lowest BCUT2D eigenvalue weighted by molar-refractivity contribution is 0.300. The van der Waals surface area contributed by atoms with E-state index in [0.717, 1.165) is 0 Å². The monoisotopic (exact) mass is 169 g/mol. The van der Waals surface area contributed by atoms with Crippen LogP contribution in [0.3, 0.4) is 0 Å². The van der Waals surface area contributed by atoms with Crippen LogP contribution in [-0.4, -0.2) is 23.4 Å². The van der Waals surface area contributed by atoms with Crippen LogP contribution in [0.5, 0.6) is 17.2 Å². The summed E-state index contributed by atoms with van der Waals surface area (Å²) >= 11 is 0. The van der Waals surface area contributed by atoms with Gasteiger partial charge >= 0.3 is 0 Å². The Morgan fingerprint density at radius 1 is 1.33 bits per heavy atom. The second-order valence-corrected chi connectivity index (χ2v) is 2.26. The number of aromatic hydroxyl groups is 2. The minimum atomic E-state index is -0.244. The van der Waals surface area contributed by atoms with Crippen molar-refractivity contribution in [3.63, 3.8) is 0 Å². The standard InChI is InChI=1S/C8H11NO3/c9-4-5-12-7-3-1-2-6(10)8(7)11/h1-3,10-11H,4-5,9H2. The molecule has 66 valence electrons. The number of hydrogen-bond acceptors (Lipinski definition) is 4. The van der Waals surface area contributed by atoms with Crippen LogP contribution < -0.4 is 10.5 Å². The number of phenolic OH excluding ortho intramolecular Hbond substituents is 2. The summed E-state index contributed by atoms with van der Waals surface area (Å²) in [5.74, 6) is -0.184. The molecule has 0 aliphatic heterocycles. The van der Waals surface area contributed by atoms with Gasteiger partial charge in [-0.05, 0) is 12.1 Å². The first-order chi connectivity index (χ1) is 5.75. The molecule has 0 aliphatic carbocycles. The van der Waals surface area contributed by atoms with Gasteiger partial charge < -0.3 is 20.7 Å². The molecule has 4 heteroatoms. The lowest BCUT2D eigenvalue weighted by Crippen LogP contribution is -2.10. The summed E-state index contributed by atoms with van der Waals surface area (Å²) in [5, 5.41) is 18.2. The van der Waals surface area contributed by atoms with Gasteiger partial charge in [0.15, 0.2) is 11.5 Å². The lowest BCUT2D eigenvalue weighted by atomic mass is 10.3. The molecule has 0 aromatic heterocycles. The molecule has 4 N–H and O–H groups in total. The van der Waals surface area contributed by atoms with Crippen molar-refractivity contribution in [2.24, 2.45) is 5.73 Å². The first kappa shape index (κ1) is 8.67. The highest BCUT2D eigenvalue weighted by Gasteiger charge is 2.05. The fourth-order valence-electron chi connectivity index (χ4n) is 0.796. The Kier molecular flexibility index (Phi) is 2.76. The third-order valence-corrected chi connectivity index (χ3v) is 1.35. The van der Waals surface area contributed by atoms with Crippen molar-refractivity contribution in [3.05, 3.63) is 18.2 Å². The lowest BCUT2D eigenvalue weighted by Gasteiger charge is -2.06. The van der Waals surface area contributed by atoms with Crippen molar-refractivity contribution in [1.82, 2.24) is 0 Å². The smallest absolute Gasteiger partial charge is 0.200 e. The summed E-state index contributed by atoms with van der Waals surface area (Å²) < 4.78 is 5.03. The molecule has 1 aromatic rings. The van der Waals surface area contributed by atoms with E-state index >= 15 is 0 Å². The Morgan fingerprint density at radius 3 is 2.75 bits per heavy atom. The molecule has 12 heavy (non-hydrogen) atoms. The van der Waals surface area contributed by atoms with Crippen molar-refractivity contribution in [2.45, 2.75) is 0 Å². The van der Waals surface area contributed by atoms with Gasteiger partial charge in [0.05, 0.1) is 0 Å². The molecule has 1 rings (SSSR count). The summed E-state index contributed by atoms with van der Waals surface area (Å²) in [4.78, 5) is 0. The minimum absolute atomic E-state index is 0.190. The highest BCUT2D eigenvalue weighted by atomic mass is 16.5. The number of ether oxygens (including phenoxy) is 1. The highest BCUT2D eigenvalue weighted by molar-refractivity contribution is 5.48. The number of para-hydroxylation sites is 1. The average molecular weight is 169 g/mol. The third kappa shape index (κ3) is 1.79. The van der Waals surface area contributed by atoms with Gasteiger partial charge in [-0.3, -0.25) is 0 Å². The topological polar surface area (TPSA) is 75.7 Å². The van der Waals surface area contributed by atoms with E-state index in [1.165, 1.54) is 6.07 Å². The molecule has 0 amide bonds. The Labute approximate surface area is 70.2 Å². The van der Waals surface area contributed by atoms with Crippen LogP contribution in [0.15, 0.2) is 18.2 Å². The molecule has 0 saturated carbocycles. The highest BCUT2D eigenvalue weighted by Crippen LogP contribution is 2.34. The second kappa shape index (κ2) is 3.82. The Hall–Kier alpha value is -1.42. The predicted octanol–water partition coefficient (Wildman–Crippen LogP) is 0.435. The SMILES string of the molecule is NCCOc1cccc(O)c1O. The molecule has 0 fully saturated rings. The molecule has 4 nitrogen and oxygen atoms in total. The zero-order valence-electron chi connectivity index (χ0n) is 6.53. The van der Waals surface area contributed by atoms with Crippen molar-refractivity contribution in [1.29, 1.82) is 0 Å². The molecule has 1 aromatic carbocycles. The fourth-order valence-corrected chi connectivity index (χ4v) is 0.796. The second-order valence-electron chi connectivity index (χ2n) is 2.26. The van der Waals surface area contributed by atoms with Crippen molar-refractivity contribution >= 4 is 0 Å². The molecule has 0 saturated heterocycles. The number of rotatable bonds is 3. The molecule has 0 atom stereocenters. The summed E-state index contributed by atoms with van der Waals surface area (Å²) in [7, 11) is 0. The number of phenols is 2. The maximum Gasteiger partial charge on any atom is 0.200 e. The number of hydrogen-bond donors (Lipinski definition) is 3. The van der Waals surface area contributed by atoms with Gasteiger partial charge in [-0.2, -0.15) is 0 Å². The quantitative estimate of drug-likeness (QED) is 0.574. The van der Waals surface area contributed by atoms with Gasteiger partial charge in [-0.1, -0.05) is 6.07 Å². The maximum absolute atomic E-state index is 9.21. The van der Waals surface area contributed by atoms with Crippen molar-refractivity contribution in [2.75, 3.05) is 13.2 Å². The first-order valence-corrected chi connectivity index (χ1v) is 3.59. The van der Waals surface area contributed by atoms with E-state index in [1.54, 1.807) is 12.1 Å². The van der Waals surface area contributed by atoms with E-state index in [4.69, 9.17) is 15.6 Å². The van der Waals surface area contributed by atoms with Crippen LogP contribution >= 0.6 is 0 Å². The molecular formula is C8H11NO3. The Morgan fingerprint density at radius 2 is 2.08 bits per heavy atom. The van der Waals surface area contributed by atoms with Gasteiger partial charge in [-0.15, -0.1) is 0 Å². The summed E-state index contributed by atoms with van der Waals surface area (Å²) in [6.07, 6.45) is 0. The summed E-state index contributed by atoms with van der Waals surface area (Å²) in [5.41, 5.74) is 5.20. The van der Waals surface area contributed by atoms with Gasteiger partial charge in [0, 0.05) is 6.54 Å². The fraction of sp³-hybridized carbons (Fsp3) is 0.250. The van der Waals surface area contributed by atoms with E-state index in [9.17, 15) is 5.11 Å². The number of nitrogens with two attached hydrogens (primary N) is 1. The zero-order chi connectivity index (χ0) is 8.97. The molecule has 0 aliphatic rings. The van der Waals surface area contributed by atoms with Gasteiger partial charge in [0.1, 0.15) is 6.61 Å². The van der Waals surface area contributed by atoms with Crippen molar-refractivity contribution < 1.29 is 14.9 Å². The van der Waals surface area contributed by atoms with Crippen LogP contribution in [0, 0.1) is 0 Å². The molecule has 0 radical (unpaired) electrons. The van der Waals surface area contributed by atoms with Gasteiger partial charge in [0.2, 0.25) is 5.75 Å². The van der Waals surface area contributed by atoms with Crippen molar-refractivity contribution in [3.8, 4) is 17.2 Å². The average Bonchev–Trinajstić information content (AvgIpc) is 2.08. The summed E-state index contributed by atoms with van der Waals surface area (Å²) in [6.45, 7) is 0.687. The van der Waals surface area contributed by atoms with Crippen LogP contribution in [-0.2, 0) is 0 Å². The van der Waals surface area contributed by atoms with Crippen LogP contribution in [0.25, 0.3) is 0 Å². The largest absolute Gasteiger partial charge is 0.504 e. The molecular weight excluding hydrogens is 158 g/mol. The Bertz CT molecular complexity index is 262. The van der Waals surface area contributed by atoms with Crippen LogP contribution in [0.4, 0.5) is 0 Å². The maximum atomic E-state index is 9.21. The van der Waals surface area contributed by atoms with E-state index in [-0.39, 0.29) is 17.2 Å². The van der Waals surface area contributed by atoms with E-state index in [1.807, 2.05) is 0 Å². The Balaban J connectivity index is 2.78. The normalized spacial score (nSPS) is 9.75. The van der Waals surface area contributed by atoms with Crippen LogP contribution in [0.2, 0.25) is 0 Å². The van der Waals surface area contributed by atoms with Gasteiger partial charge in [0.25, 0.3) is 0 Å². The van der Waals surface area contributed by atoms with Crippen LogP contribution in [0.1, 0.15) is 0 Å². The van der Waals surface area contributed by atoms with Gasteiger partial charge in [-0.25, -0.2) is 0 Å². The third-order valence-electron chi connectivity index (χ3n) is 1.35. The zero-order valence-corrected chi connectivity index (χ0v) is 6.53. The molecule has 0 spiro atoms. The molecule has 0 unspecified atom stereocenters. The number of benzene rings is 1. The van der Waals surface area contributed by atoms with E-state index in [2.05, 4.69) is 0 Å². The predicted molar refractivity (Wildman–Crippen MR) is 44.3 cm³/mol. The van der Waals surface area contributed by atoms with E-state index < -0.39 is 0 Å². The molecule has 0 heterocycles.